The summed E-state index contributed by atoms with van der Waals surface area (Å²) < 4.78 is 0.232. The number of carboxylic acid groups (broad SMARTS) is 1. The van der Waals surface area contributed by atoms with Crippen LogP contribution in [-0.2, 0) is 9.59 Å². The van der Waals surface area contributed by atoms with E-state index < -0.39 is 17.9 Å². The highest BCUT2D eigenvalue weighted by Gasteiger charge is 2.35. The van der Waals surface area contributed by atoms with Gasteiger partial charge in [-0.05, 0) is 18.6 Å². The maximum Gasteiger partial charge on any atom is 0.266 e. The van der Waals surface area contributed by atoms with Crippen LogP contribution in [0, 0.1) is 0 Å². The Labute approximate surface area is 132 Å². The fraction of sp³-hybridized carbons (Fsp3) is 0.133. The van der Waals surface area contributed by atoms with Crippen molar-refractivity contribution in [2.45, 2.75) is 13.0 Å². The minimum atomic E-state index is -1.33. The molecular weight excluding hydrogens is 306 g/mol. The van der Waals surface area contributed by atoms with Gasteiger partial charge in [0.15, 0.2) is 0 Å². The number of rotatable bonds is 4. The normalized spacial score (nSPS) is 18.7. The van der Waals surface area contributed by atoms with Gasteiger partial charge in [-0.15, -0.1) is 0 Å². The van der Waals surface area contributed by atoms with Gasteiger partial charge in [-0.1, -0.05) is 66.5 Å². The van der Waals surface area contributed by atoms with Crippen LogP contribution < -0.4 is 5.11 Å². The number of thiocarbonyl (C=S) groups is 1. The number of thioether (sulfide) groups is 1. The van der Waals surface area contributed by atoms with Crippen LogP contribution in [0.2, 0.25) is 0 Å². The van der Waals surface area contributed by atoms with E-state index in [1.807, 2.05) is 36.4 Å². The second kappa shape index (κ2) is 6.69. The minimum Gasteiger partial charge on any atom is -0.548 e. The summed E-state index contributed by atoms with van der Waals surface area (Å²) in [6, 6.07) is 8.56. The lowest BCUT2D eigenvalue weighted by molar-refractivity contribution is -0.309. The molecular formula is C15H12NO3S2-. The highest BCUT2D eigenvalue weighted by Crippen LogP contribution is 2.32. The number of carbonyl (C=O) groups is 2. The molecule has 0 N–H and O–H groups in total. The highest BCUT2D eigenvalue weighted by atomic mass is 32.2. The van der Waals surface area contributed by atoms with Gasteiger partial charge < -0.3 is 9.90 Å². The van der Waals surface area contributed by atoms with E-state index in [0.29, 0.717) is 4.91 Å². The smallest absolute Gasteiger partial charge is 0.266 e. The third kappa shape index (κ3) is 3.59. The third-order valence-corrected chi connectivity index (χ3v) is 4.24. The van der Waals surface area contributed by atoms with Crippen LogP contribution in [0.1, 0.15) is 12.5 Å². The van der Waals surface area contributed by atoms with E-state index >= 15 is 0 Å². The maximum atomic E-state index is 12.1. The molecule has 0 radical (unpaired) electrons. The number of benzene rings is 1. The first-order chi connectivity index (χ1) is 10.0. The van der Waals surface area contributed by atoms with Crippen molar-refractivity contribution in [3.05, 3.63) is 53.0 Å². The van der Waals surface area contributed by atoms with Crippen molar-refractivity contribution in [1.82, 2.24) is 4.90 Å². The predicted octanol–water partition coefficient (Wildman–Crippen LogP) is 1.58. The first-order valence-corrected chi connectivity index (χ1v) is 7.43. The molecule has 0 bridgehead atoms. The molecule has 0 saturated carbocycles. The molecule has 0 aliphatic carbocycles. The highest BCUT2D eigenvalue weighted by molar-refractivity contribution is 8.26. The number of hydrogen-bond acceptors (Lipinski definition) is 5. The van der Waals surface area contributed by atoms with E-state index in [4.69, 9.17) is 12.2 Å². The van der Waals surface area contributed by atoms with Crippen LogP contribution in [0.25, 0.3) is 6.08 Å². The second-order valence-corrected chi connectivity index (χ2v) is 6.01. The monoisotopic (exact) mass is 318 g/mol. The molecule has 6 heteroatoms. The number of nitrogens with zero attached hydrogens (tertiary/aromatic N) is 1. The number of carbonyl (C=O) groups excluding carboxylic acids is 2. The zero-order valence-electron chi connectivity index (χ0n) is 11.2. The number of aliphatic carboxylic acids is 1. The molecule has 1 amide bonds. The van der Waals surface area contributed by atoms with Gasteiger partial charge in [-0.25, -0.2) is 0 Å². The summed E-state index contributed by atoms with van der Waals surface area (Å²) in [4.78, 5) is 24.5. The van der Waals surface area contributed by atoms with Crippen molar-refractivity contribution < 1.29 is 14.7 Å². The fourth-order valence-electron chi connectivity index (χ4n) is 1.74. The number of allylic oxidation sites excluding steroid dienone is 2. The molecule has 1 atom stereocenters. The van der Waals surface area contributed by atoms with Crippen LogP contribution in [0.5, 0.6) is 0 Å². The van der Waals surface area contributed by atoms with Crippen LogP contribution in [-0.4, -0.2) is 27.1 Å². The molecule has 0 unspecified atom stereocenters. The zero-order chi connectivity index (χ0) is 15.4. The molecule has 108 valence electrons. The molecule has 1 aromatic rings. The lowest BCUT2D eigenvalue weighted by Crippen LogP contribution is -2.48. The SMILES string of the molecule is C[C@H](C(=O)[O-])N1C(=O)/C(=C\C=C\c2ccccc2)SC1=S. The van der Waals surface area contributed by atoms with Gasteiger partial charge in [0.25, 0.3) is 5.91 Å². The van der Waals surface area contributed by atoms with E-state index in [2.05, 4.69) is 0 Å². The summed E-state index contributed by atoms with van der Waals surface area (Å²) in [5, 5.41) is 10.9. The standard InChI is InChI=1S/C15H13NO3S2/c1-10(14(18)19)16-13(17)12(21-15(16)20)9-5-8-11-6-3-2-4-7-11/h2-10H,1H3,(H,18,19)/p-1/b8-5+,12-9+/t10-/m1/s1. The van der Waals surface area contributed by atoms with Crippen LogP contribution in [0.4, 0.5) is 0 Å². The van der Waals surface area contributed by atoms with Gasteiger partial charge in [-0.3, -0.25) is 9.69 Å². The molecule has 1 aliphatic rings. The Hall–Kier alpha value is -1.92. The molecule has 21 heavy (non-hydrogen) atoms. The average molecular weight is 318 g/mol. The zero-order valence-corrected chi connectivity index (χ0v) is 12.8. The fourth-order valence-corrected chi connectivity index (χ4v) is 3.11. The van der Waals surface area contributed by atoms with E-state index in [-0.39, 0.29) is 4.32 Å². The summed E-state index contributed by atoms with van der Waals surface area (Å²) in [6.45, 7) is 1.38. The largest absolute Gasteiger partial charge is 0.548 e. The van der Waals surface area contributed by atoms with Crippen LogP contribution in [0.3, 0.4) is 0 Å². The van der Waals surface area contributed by atoms with E-state index in [0.717, 1.165) is 22.2 Å². The summed E-state index contributed by atoms with van der Waals surface area (Å²) in [5.74, 6) is -1.73. The molecule has 1 aliphatic heterocycles. The Morgan fingerprint density at radius 2 is 2.05 bits per heavy atom. The van der Waals surface area contributed by atoms with Crippen molar-refractivity contribution in [2.24, 2.45) is 0 Å². The van der Waals surface area contributed by atoms with Gasteiger partial charge >= 0.3 is 0 Å². The summed E-state index contributed by atoms with van der Waals surface area (Å²) in [6.07, 6.45) is 5.23. The molecule has 0 aromatic heterocycles. The summed E-state index contributed by atoms with van der Waals surface area (Å²) in [5.41, 5.74) is 1.01. The topological polar surface area (TPSA) is 60.4 Å². The van der Waals surface area contributed by atoms with Gasteiger partial charge in [0, 0.05) is 0 Å². The minimum absolute atomic E-state index is 0.232. The maximum absolute atomic E-state index is 12.1. The van der Waals surface area contributed by atoms with Gasteiger partial charge in [-0.2, -0.15) is 0 Å². The Balaban J connectivity index is 2.14. The van der Waals surface area contributed by atoms with Gasteiger partial charge in [0.05, 0.1) is 16.9 Å². The van der Waals surface area contributed by atoms with Gasteiger partial charge in [0.2, 0.25) is 0 Å². The Morgan fingerprint density at radius 3 is 2.67 bits per heavy atom. The number of amides is 1. The first kappa shape index (κ1) is 15.5. The molecule has 0 spiro atoms. The van der Waals surface area contributed by atoms with Crippen molar-refractivity contribution in [3.63, 3.8) is 0 Å². The van der Waals surface area contributed by atoms with Crippen molar-refractivity contribution in [2.75, 3.05) is 0 Å². The molecule has 2 rings (SSSR count). The third-order valence-electron chi connectivity index (χ3n) is 2.89. The molecule has 4 nitrogen and oxygen atoms in total. The van der Waals surface area contributed by atoms with Crippen LogP contribution >= 0.6 is 24.0 Å². The van der Waals surface area contributed by atoms with Crippen molar-refractivity contribution in [3.8, 4) is 0 Å². The second-order valence-electron chi connectivity index (χ2n) is 4.34. The Bertz CT molecular complexity index is 638. The average Bonchev–Trinajstić information content (AvgIpc) is 2.74. The van der Waals surface area contributed by atoms with Crippen LogP contribution in [0.15, 0.2) is 47.4 Å². The first-order valence-electron chi connectivity index (χ1n) is 6.20. The number of hydrogen-bond donors (Lipinski definition) is 0. The van der Waals surface area contributed by atoms with E-state index in [9.17, 15) is 14.7 Å². The molecule has 1 saturated heterocycles. The van der Waals surface area contributed by atoms with E-state index in [1.165, 1.54) is 6.92 Å². The number of carboxylic acids is 1. The van der Waals surface area contributed by atoms with Gasteiger partial charge in [0.1, 0.15) is 4.32 Å². The van der Waals surface area contributed by atoms with E-state index in [1.54, 1.807) is 12.2 Å². The molecule has 1 fully saturated rings. The quantitative estimate of drug-likeness (QED) is 0.623. The summed E-state index contributed by atoms with van der Waals surface area (Å²) >= 11 is 6.14. The van der Waals surface area contributed by atoms with Crippen molar-refractivity contribution >= 4 is 46.3 Å². The lowest BCUT2D eigenvalue weighted by Gasteiger charge is -2.23. The predicted molar refractivity (Wildman–Crippen MR) is 85.1 cm³/mol. The Kier molecular flexibility index (Phi) is 4.93. The molecule has 1 aromatic carbocycles. The Morgan fingerprint density at radius 1 is 1.38 bits per heavy atom. The summed E-state index contributed by atoms with van der Waals surface area (Å²) in [7, 11) is 0. The van der Waals surface area contributed by atoms with Crippen molar-refractivity contribution in [1.29, 1.82) is 0 Å². The lowest BCUT2D eigenvalue weighted by atomic mass is 10.2. The molecule has 1 heterocycles.